The van der Waals surface area contributed by atoms with Gasteiger partial charge in [0, 0.05) is 22.9 Å². The lowest BCUT2D eigenvalue weighted by Crippen LogP contribution is -2.12. The normalized spacial score (nSPS) is 10.1. The molecule has 0 saturated heterocycles. The minimum Gasteiger partial charge on any atom is -0.481 e. The number of nitro benzene ring substituents is 1. The van der Waals surface area contributed by atoms with Crippen LogP contribution < -0.4 is 5.32 Å². The van der Waals surface area contributed by atoms with E-state index < -0.39 is 16.8 Å². The summed E-state index contributed by atoms with van der Waals surface area (Å²) in [7, 11) is 0. The highest BCUT2D eigenvalue weighted by atomic mass is 16.6. The summed E-state index contributed by atoms with van der Waals surface area (Å²) in [4.78, 5) is 33.0. The molecule has 0 fully saturated rings. The molecule has 0 aliphatic carbocycles. The molecule has 0 radical (unpaired) electrons. The predicted molar refractivity (Wildman–Crippen MR) is 83.6 cm³/mol. The molecule has 2 N–H and O–H groups in total. The second kappa shape index (κ2) is 6.69. The summed E-state index contributed by atoms with van der Waals surface area (Å²) in [6.07, 6.45) is -0.0875. The average molecular weight is 314 g/mol. The fourth-order valence-corrected chi connectivity index (χ4v) is 2.09. The van der Waals surface area contributed by atoms with Crippen molar-refractivity contribution in [3.8, 4) is 0 Å². The van der Waals surface area contributed by atoms with E-state index in [9.17, 15) is 19.7 Å². The number of aryl methyl sites for hydroxylation is 1. The molecule has 0 aliphatic heterocycles. The van der Waals surface area contributed by atoms with E-state index in [0.29, 0.717) is 22.4 Å². The third-order valence-electron chi connectivity index (χ3n) is 3.22. The van der Waals surface area contributed by atoms with E-state index in [1.807, 2.05) is 0 Å². The molecule has 0 saturated carbocycles. The van der Waals surface area contributed by atoms with Crippen LogP contribution in [0.5, 0.6) is 0 Å². The Morgan fingerprint density at radius 1 is 1.17 bits per heavy atom. The molecule has 7 nitrogen and oxygen atoms in total. The van der Waals surface area contributed by atoms with E-state index in [4.69, 9.17) is 5.11 Å². The van der Waals surface area contributed by atoms with Crippen molar-refractivity contribution in [2.45, 2.75) is 13.3 Å². The Bertz CT molecular complexity index is 769. The minimum atomic E-state index is -0.928. The molecule has 23 heavy (non-hydrogen) atoms. The highest BCUT2D eigenvalue weighted by Crippen LogP contribution is 2.20. The van der Waals surface area contributed by atoms with Gasteiger partial charge in [-0.1, -0.05) is 12.1 Å². The van der Waals surface area contributed by atoms with Gasteiger partial charge in [0.25, 0.3) is 11.6 Å². The van der Waals surface area contributed by atoms with Crippen LogP contribution >= 0.6 is 0 Å². The Morgan fingerprint density at radius 3 is 2.35 bits per heavy atom. The second-order valence-corrected chi connectivity index (χ2v) is 4.98. The van der Waals surface area contributed by atoms with Crippen LogP contribution in [0.1, 0.15) is 21.5 Å². The van der Waals surface area contributed by atoms with Crippen LogP contribution in [0.3, 0.4) is 0 Å². The number of carbonyl (C=O) groups is 2. The zero-order valence-corrected chi connectivity index (χ0v) is 12.3. The summed E-state index contributed by atoms with van der Waals surface area (Å²) >= 11 is 0. The highest BCUT2D eigenvalue weighted by Gasteiger charge is 2.14. The first-order chi connectivity index (χ1) is 10.9. The number of hydrogen-bond acceptors (Lipinski definition) is 4. The molecule has 7 heteroatoms. The van der Waals surface area contributed by atoms with E-state index in [0.717, 1.165) is 0 Å². The molecule has 0 aromatic heterocycles. The van der Waals surface area contributed by atoms with E-state index in [-0.39, 0.29) is 12.1 Å². The molecule has 0 atom stereocenters. The number of nitro groups is 1. The average Bonchev–Trinajstić information content (AvgIpc) is 2.48. The van der Waals surface area contributed by atoms with Gasteiger partial charge in [0.1, 0.15) is 0 Å². The topological polar surface area (TPSA) is 110 Å². The number of rotatable bonds is 5. The number of carbonyl (C=O) groups excluding carboxylic acids is 1. The first-order valence-corrected chi connectivity index (χ1v) is 6.74. The summed E-state index contributed by atoms with van der Waals surface area (Å²) in [5.41, 5.74) is 1.81. The van der Waals surface area contributed by atoms with Gasteiger partial charge in [-0.25, -0.2) is 0 Å². The number of anilines is 1. The van der Waals surface area contributed by atoms with Crippen molar-refractivity contribution < 1.29 is 19.6 Å². The lowest BCUT2D eigenvalue weighted by atomic mass is 10.1. The van der Waals surface area contributed by atoms with E-state index in [1.54, 1.807) is 31.2 Å². The molecular formula is C16H14N2O5. The summed E-state index contributed by atoms with van der Waals surface area (Å²) in [5.74, 6) is -1.32. The lowest BCUT2D eigenvalue weighted by molar-refractivity contribution is -0.385. The van der Waals surface area contributed by atoms with E-state index in [1.165, 1.54) is 18.2 Å². The Morgan fingerprint density at radius 2 is 1.83 bits per heavy atom. The number of hydrogen-bond donors (Lipinski definition) is 2. The van der Waals surface area contributed by atoms with Gasteiger partial charge in [-0.2, -0.15) is 0 Å². The van der Waals surface area contributed by atoms with Crippen LogP contribution in [-0.2, 0) is 11.2 Å². The van der Waals surface area contributed by atoms with Crippen molar-refractivity contribution in [3.05, 3.63) is 69.3 Å². The fourth-order valence-electron chi connectivity index (χ4n) is 2.09. The molecule has 1 amide bonds. The molecule has 0 bridgehead atoms. The third-order valence-corrected chi connectivity index (χ3v) is 3.22. The first kappa shape index (κ1) is 16.2. The van der Waals surface area contributed by atoms with Crippen molar-refractivity contribution in [3.63, 3.8) is 0 Å². The van der Waals surface area contributed by atoms with Gasteiger partial charge in [-0.3, -0.25) is 19.7 Å². The standard InChI is InChI=1S/C16H14N2O5/c1-10-8-12(4-7-14(10)18(22)23)16(21)17-13-5-2-11(3-6-13)9-15(19)20/h2-8H,9H2,1H3,(H,17,21)(H,19,20). The van der Waals surface area contributed by atoms with Gasteiger partial charge in [0.2, 0.25) is 0 Å². The van der Waals surface area contributed by atoms with Gasteiger partial charge in [-0.15, -0.1) is 0 Å². The Balaban J connectivity index is 2.11. The molecule has 0 unspecified atom stereocenters. The van der Waals surface area contributed by atoms with Crippen LogP contribution in [0, 0.1) is 17.0 Å². The maximum Gasteiger partial charge on any atom is 0.307 e. The Kier molecular flexibility index (Phi) is 4.70. The zero-order valence-electron chi connectivity index (χ0n) is 12.3. The van der Waals surface area contributed by atoms with Crippen molar-refractivity contribution in [2.24, 2.45) is 0 Å². The van der Waals surface area contributed by atoms with E-state index in [2.05, 4.69) is 5.32 Å². The van der Waals surface area contributed by atoms with Gasteiger partial charge >= 0.3 is 5.97 Å². The first-order valence-electron chi connectivity index (χ1n) is 6.74. The SMILES string of the molecule is Cc1cc(C(=O)Nc2ccc(CC(=O)O)cc2)ccc1[N+](=O)[O-]. The van der Waals surface area contributed by atoms with Crippen LogP contribution in [0.25, 0.3) is 0 Å². The Labute approximate surface area is 131 Å². The third kappa shape index (κ3) is 4.13. The van der Waals surface area contributed by atoms with E-state index >= 15 is 0 Å². The van der Waals surface area contributed by atoms with Crippen LogP contribution in [-0.4, -0.2) is 21.9 Å². The summed E-state index contributed by atoms with van der Waals surface area (Å²) < 4.78 is 0. The predicted octanol–water partition coefficient (Wildman–Crippen LogP) is 2.78. The molecule has 2 rings (SSSR count). The molecule has 2 aromatic carbocycles. The number of amides is 1. The van der Waals surface area contributed by atoms with Gasteiger partial charge < -0.3 is 10.4 Å². The van der Waals surface area contributed by atoms with Crippen LogP contribution in [0.15, 0.2) is 42.5 Å². The number of nitrogens with one attached hydrogen (secondary N) is 1. The van der Waals surface area contributed by atoms with Gasteiger partial charge in [0.15, 0.2) is 0 Å². The molecular weight excluding hydrogens is 300 g/mol. The summed E-state index contributed by atoms with van der Waals surface area (Å²) in [5, 5.41) is 22.1. The number of carboxylic acid groups (broad SMARTS) is 1. The number of benzene rings is 2. The smallest absolute Gasteiger partial charge is 0.307 e. The van der Waals surface area contributed by atoms with Gasteiger partial charge in [0.05, 0.1) is 11.3 Å². The van der Waals surface area contributed by atoms with Crippen molar-refractivity contribution >= 4 is 23.3 Å². The monoisotopic (exact) mass is 314 g/mol. The zero-order chi connectivity index (χ0) is 17.0. The maximum absolute atomic E-state index is 12.1. The van der Waals surface area contributed by atoms with Crippen molar-refractivity contribution in [1.29, 1.82) is 0 Å². The van der Waals surface area contributed by atoms with Gasteiger partial charge in [-0.05, 0) is 36.8 Å². The molecule has 118 valence electrons. The number of nitrogens with zero attached hydrogens (tertiary/aromatic N) is 1. The molecule has 0 aliphatic rings. The summed E-state index contributed by atoms with van der Waals surface area (Å²) in [6.45, 7) is 1.57. The molecule has 2 aromatic rings. The largest absolute Gasteiger partial charge is 0.481 e. The molecule has 0 spiro atoms. The fraction of sp³-hybridized carbons (Fsp3) is 0.125. The Hall–Kier alpha value is -3.22. The number of carboxylic acids is 1. The maximum atomic E-state index is 12.1. The van der Waals surface area contributed by atoms with Crippen LogP contribution in [0.2, 0.25) is 0 Å². The second-order valence-electron chi connectivity index (χ2n) is 4.98. The lowest BCUT2D eigenvalue weighted by Gasteiger charge is -2.07. The summed E-state index contributed by atoms with van der Waals surface area (Å²) in [6, 6.07) is 10.6. The highest BCUT2D eigenvalue weighted by molar-refractivity contribution is 6.04. The molecule has 0 heterocycles. The van der Waals surface area contributed by atoms with Crippen LogP contribution in [0.4, 0.5) is 11.4 Å². The number of aliphatic carboxylic acids is 1. The van der Waals surface area contributed by atoms with Crippen molar-refractivity contribution in [2.75, 3.05) is 5.32 Å². The quantitative estimate of drug-likeness (QED) is 0.651. The van der Waals surface area contributed by atoms with Crippen molar-refractivity contribution in [1.82, 2.24) is 0 Å². The minimum absolute atomic E-state index is 0.0421.